The molecule has 0 saturated carbocycles. The third-order valence-electron chi connectivity index (χ3n) is 2.57. The second-order valence-corrected chi connectivity index (χ2v) is 4.26. The van der Waals surface area contributed by atoms with Gasteiger partial charge >= 0.3 is 0 Å². The Bertz CT molecular complexity index is 349. The highest BCUT2D eigenvalue weighted by Crippen LogP contribution is 2.11. The van der Waals surface area contributed by atoms with Gasteiger partial charge in [0.15, 0.2) is 0 Å². The van der Waals surface area contributed by atoms with E-state index in [1.807, 2.05) is 31.2 Å². The lowest BCUT2D eigenvalue weighted by Gasteiger charge is -2.09. The monoisotopic (exact) mass is 236 g/mol. The Morgan fingerprint density at radius 1 is 1.41 bits per heavy atom. The molecule has 0 heterocycles. The fourth-order valence-electron chi connectivity index (χ4n) is 1.50. The zero-order valence-electron chi connectivity index (χ0n) is 10.1. The molecule has 0 aliphatic rings. The summed E-state index contributed by atoms with van der Waals surface area (Å²) in [6.07, 6.45) is 1.08. The molecule has 0 fully saturated rings. The lowest BCUT2D eigenvalue weighted by Crippen LogP contribution is -2.20. The second-order valence-electron chi connectivity index (χ2n) is 4.26. The van der Waals surface area contributed by atoms with Gasteiger partial charge in [-0.25, -0.2) is 0 Å². The van der Waals surface area contributed by atoms with Gasteiger partial charge in [-0.3, -0.25) is 4.79 Å². The van der Waals surface area contributed by atoms with Crippen LogP contribution in [0.4, 0.5) is 5.69 Å². The standard InChI is InChI=1S/C13H20N2O2/c1-10(9-14)8-13(17)15-12-4-2-11(3-5-12)6-7-16/h2-5,10,16H,6-9,14H2,1H3,(H,15,17). The maximum Gasteiger partial charge on any atom is 0.224 e. The zero-order chi connectivity index (χ0) is 12.7. The van der Waals surface area contributed by atoms with E-state index in [1.165, 1.54) is 0 Å². The SMILES string of the molecule is CC(CN)CC(=O)Nc1ccc(CCO)cc1. The van der Waals surface area contributed by atoms with Gasteiger partial charge in [0.1, 0.15) is 0 Å². The van der Waals surface area contributed by atoms with E-state index in [-0.39, 0.29) is 18.4 Å². The molecule has 1 aromatic carbocycles. The van der Waals surface area contributed by atoms with Gasteiger partial charge in [0, 0.05) is 18.7 Å². The van der Waals surface area contributed by atoms with E-state index in [1.54, 1.807) is 0 Å². The summed E-state index contributed by atoms with van der Waals surface area (Å²) >= 11 is 0. The maximum absolute atomic E-state index is 11.6. The summed E-state index contributed by atoms with van der Waals surface area (Å²) in [6, 6.07) is 7.49. The molecule has 0 aliphatic heterocycles. The molecular formula is C13H20N2O2. The molecule has 0 aromatic heterocycles. The fourth-order valence-corrected chi connectivity index (χ4v) is 1.50. The Morgan fingerprint density at radius 3 is 2.59 bits per heavy atom. The lowest BCUT2D eigenvalue weighted by molar-refractivity contribution is -0.116. The Labute approximate surface area is 102 Å². The third kappa shape index (κ3) is 4.97. The molecule has 0 radical (unpaired) electrons. The van der Waals surface area contributed by atoms with Gasteiger partial charge in [0.05, 0.1) is 0 Å². The Morgan fingerprint density at radius 2 is 2.06 bits per heavy atom. The van der Waals surface area contributed by atoms with Crippen molar-refractivity contribution in [3.8, 4) is 0 Å². The van der Waals surface area contributed by atoms with Gasteiger partial charge in [-0.15, -0.1) is 0 Å². The van der Waals surface area contributed by atoms with Crippen LogP contribution >= 0.6 is 0 Å². The van der Waals surface area contributed by atoms with E-state index in [4.69, 9.17) is 10.8 Å². The van der Waals surface area contributed by atoms with Crippen molar-refractivity contribution in [2.45, 2.75) is 19.8 Å². The van der Waals surface area contributed by atoms with Crippen LogP contribution in [0.2, 0.25) is 0 Å². The number of carbonyl (C=O) groups excluding carboxylic acids is 1. The van der Waals surface area contributed by atoms with E-state index in [9.17, 15) is 4.79 Å². The summed E-state index contributed by atoms with van der Waals surface area (Å²) in [5, 5.41) is 11.6. The number of amides is 1. The van der Waals surface area contributed by atoms with Crippen LogP contribution in [0.3, 0.4) is 0 Å². The molecule has 17 heavy (non-hydrogen) atoms. The molecule has 0 aliphatic carbocycles. The summed E-state index contributed by atoms with van der Waals surface area (Å²) in [5.41, 5.74) is 7.30. The van der Waals surface area contributed by atoms with E-state index in [0.29, 0.717) is 19.4 Å². The summed E-state index contributed by atoms with van der Waals surface area (Å²) in [7, 11) is 0. The molecule has 1 amide bonds. The van der Waals surface area contributed by atoms with Crippen molar-refractivity contribution in [3.05, 3.63) is 29.8 Å². The smallest absolute Gasteiger partial charge is 0.224 e. The number of anilines is 1. The molecule has 1 unspecified atom stereocenters. The van der Waals surface area contributed by atoms with Crippen LogP contribution in [0.15, 0.2) is 24.3 Å². The first-order chi connectivity index (χ1) is 8.15. The average molecular weight is 236 g/mol. The van der Waals surface area contributed by atoms with Gasteiger partial charge in [-0.1, -0.05) is 19.1 Å². The van der Waals surface area contributed by atoms with Crippen LogP contribution < -0.4 is 11.1 Å². The minimum atomic E-state index is -0.0159. The van der Waals surface area contributed by atoms with E-state index in [0.717, 1.165) is 11.3 Å². The van der Waals surface area contributed by atoms with Crippen LogP contribution in [0.25, 0.3) is 0 Å². The van der Waals surface area contributed by atoms with Gasteiger partial charge in [-0.2, -0.15) is 0 Å². The van der Waals surface area contributed by atoms with Crippen LogP contribution in [0, 0.1) is 5.92 Å². The highest BCUT2D eigenvalue weighted by molar-refractivity contribution is 5.90. The Balaban J connectivity index is 2.48. The van der Waals surface area contributed by atoms with Crippen molar-refractivity contribution in [3.63, 3.8) is 0 Å². The van der Waals surface area contributed by atoms with Crippen LogP contribution in [0.1, 0.15) is 18.9 Å². The van der Waals surface area contributed by atoms with Crippen molar-refractivity contribution in [2.75, 3.05) is 18.5 Å². The van der Waals surface area contributed by atoms with Gasteiger partial charge in [0.2, 0.25) is 5.91 Å². The molecule has 94 valence electrons. The quantitative estimate of drug-likeness (QED) is 0.693. The fraction of sp³-hybridized carbons (Fsp3) is 0.462. The molecule has 1 aromatic rings. The number of nitrogens with one attached hydrogen (secondary N) is 1. The number of aliphatic hydroxyl groups is 1. The van der Waals surface area contributed by atoms with Crippen LogP contribution in [0.5, 0.6) is 0 Å². The number of nitrogens with two attached hydrogens (primary N) is 1. The summed E-state index contributed by atoms with van der Waals surface area (Å²) in [6.45, 7) is 2.60. The second kappa shape index (κ2) is 7.04. The molecule has 0 saturated heterocycles. The molecule has 1 atom stereocenters. The van der Waals surface area contributed by atoms with Crippen molar-refractivity contribution >= 4 is 11.6 Å². The predicted octanol–water partition coefficient (Wildman–Crippen LogP) is 1.14. The Hall–Kier alpha value is -1.39. The topological polar surface area (TPSA) is 75.4 Å². The predicted molar refractivity (Wildman–Crippen MR) is 68.7 cm³/mol. The van der Waals surface area contributed by atoms with Gasteiger partial charge in [-0.05, 0) is 36.6 Å². The van der Waals surface area contributed by atoms with E-state index < -0.39 is 0 Å². The highest BCUT2D eigenvalue weighted by atomic mass is 16.2. The number of hydrogen-bond acceptors (Lipinski definition) is 3. The first-order valence-electron chi connectivity index (χ1n) is 5.85. The minimum Gasteiger partial charge on any atom is -0.396 e. The Kier molecular flexibility index (Phi) is 5.66. The molecular weight excluding hydrogens is 216 g/mol. The molecule has 0 bridgehead atoms. The van der Waals surface area contributed by atoms with Crippen molar-refractivity contribution in [1.82, 2.24) is 0 Å². The van der Waals surface area contributed by atoms with Crippen LogP contribution in [-0.2, 0) is 11.2 Å². The summed E-state index contributed by atoms with van der Waals surface area (Å²) in [4.78, 5) is 11.6. The first kappa shape index (κ1) is 13.7. The third-order valence-corrected chi connectivity index (χ3v) is 2.57. The van der Waals surface area contributed by atoms with E-state index >= 15 is 0 Å². The normalized spacial score (nSPS) is 12.2. The molecule has 4 nitrogen and oxygen atoms in total. The number of aliphatic hydroxyl groups excluding tert-OH is 1. The van der Waals surface area contributed by atoms with Crippen molar-refractivity contribution < 1.29 is 9.90 Å². The maximum atomic E-state index is 11.6. The van der Waals surface area contributed by atoms with Crippen molar-refractivity contribution in [2.24, 2.45) is 11.7 Å². The highest BCUT2D eigenvalue weighted by Gasteiger charge is 2.07. The molecule has 4 heteroatoms. The molecule has 1 rings (SSSR count). The van der Waals surface area contributed by atoms with Crippen LogP contribution in [-0.4, -0.2) is 24.2 Å². The lowest BCUT2D eigenvalue weighted by atomic mass is 10.1. The number of hydrogen-bond donors (Lipinski definition) is 3. The van der Waals surface area contributed by atoms with E-state index in [2.05, 4.69) is 5.32 Å². The van der Waals surface area contributed by atoms with Gasteiger partial charge < -0.3 is 16.2 Å². The largest absolute Gasteiger partial charge is 0.396 e. The summed E-state index contributed by atoms with van der Waals surface area (Å²) < 4.78 is 0. The summed E-state index contributed by atoms with van der Waals surface area (Å²) in [5.74, 6) is 0.182. The zero-order valence-corrected chi connectivity index (χ0v) is 10.1. The average Bonchev–Trinajstić information content (AvgIpc) is 2.31. The number of carbonyl (C=O) groups is 1. The van der Waals surface area contributed by atoms with Gasteiger partial charge in [0.25, 0.3) is 0 Å². The number of rotatable bonds is 6. The molecule has 0 spiro atoms. The van der Waals surface area contributed by atoms with Crippen molar-refractivity contribution in [1.29, 1.82) is 0 Å². The number of benzene rings is 1. The molecule has 4 N–H and O–H groups in total. The minimum absolute atomic E-state index is 0.0159. The first-order valence-corrected chi connectivity index (χ1v) is 5.85.